The molecule has 1 aliphatic rings. The fourth-order valence-electron chi connectivity index (χ4n) is 2.33. The van der Waals surface area contributed by atoms with Crippen molar-refractivity contribution in [3.8, 4) is 11.5 Å². The molecule has 0 aliphatic carbocycles. The molecular weight excluding hydrogens is 310 g/mol. The number of carbonyl (C=O) groups excluding carboxylic acids is 2. The van der Waals surface area contributed by atoms with Crippen LogP contribution in [0.4, 0.5) is 5.69 Å². The summed E-state index contributed by atoms with van der Waals surface area (Å²) in [4.78, 5) is 27.4. The summed E-state index contributed by atoms with van der Waals surface area (Å²) in [7, 11) is 3.90. The van der Waals surface area contributed by atoms with Gasteiger partial charge in [-0.2, -0.15) is 0 Å². The predicted octanol–water partition coefficient (Wildman–Crippen LogP) is 1.20. The molecule has 0 bridgehead atoms. The Kier molecular flexibility index (Phi) is 6.43. The number of carbonyl (C=O) groups is 2. The Morgan fingerprint density at radius 1 is 1.08 bits per heavy atom. The van der Waals surface area contributed by atoms with Crippen LogP contribution in [0.15, 0.2) is 18.2 Å². The van der Waals surface area contributed by atoms with Crippen LogP contribution in [0.25, 0.3) is 0 Å². The first kappa shape index (κ1) is 18.1. The second-order valence-electron chi connectivity index (χ2n) is 5.97. The number of hydrogen-bond acceptors (Lipinski definition) is 5. The molecule has 0 unspecified atom stereocenters. The summed E-state index contributed by atoms with van der Waals surface area (Å²) in [5.74, 6) is 1.16. The number of benzene rings is 1. The molecule has 0 saturated carbocycles. The van der Waals surface area contributed by atoms with Crippen molar-refractivity contribution in [2.75, 3.05) is 52.3 Å². The first-order valence-electron chi connectivity index (χ1n) is 8.05. The third kappa shape index (κ3) is 5.42. The second kappa shape index (κ2) is 8.54. The van der Waals surface area contributed by atoms with Crippen LogP contribution in [-0.4, -0.2) is 68.6 Å². The van der Waals surface area contributed by atoms with Crippen molar-refractivity contribution < 1.29 is 19.1 Å². The van der Waals surface area contributed by atoms with Crippen LogP contribution < -0.4 is 14.8 Å². The van der Waals surface area contributed by atoms with Crippen LogP contribution in [0, 0.1) is 0 Å². The predicted molar refractivity (Wildman–Crippen MR) is 91.5 cm³/mol. The number of likely N-dealkylation sites (N-methyl/N-ethyl adjacent to an activating group) is 1. The molecule has 1 aromatic carbocycles. The standard InChI is InChI=1S/C17H25N3O4/c1-13(21)20(9-8-19(2)3)7-6-17(22)18-14-4-5-15-16(12-14)24-11-10-23-15/h4-5,12H,6-11H2,1-3H3,(H,18,22). The highest BCUT2D eigenvalue weighted by atomic mass is 16.6. The van der Waals surface area contributed by atoms with Crippen molar-refractivity contribution in [1.29, 1.82) is 0 Å². The van der Waals surface area contributed by atoms with Gasteiger partial charge in [0.25, 0.3) is 0 Å². The molecule has 132 valence electrons. The minimum atomic E-state index is -0.136. The number of hydrogen-bond donors (Lipinski definition) is 1. The van der Waals surface area contributed by atoms with Gasteiger partial charge in [0.15, 0.2) is 11.5 Å². The molecule has 24 heavy (non-hydrogen) atoms. The van der Waals surface area contributed by atoms with E-state index in [0.29, 0.717) is 43.5 Å². The van der Waals surface area contributed by atoms with Crippen molar-refractivity contribution >= 4 is 17.5 Å². The molecule has 7 heteroatoms. The molecule has 0 saturated heterocycles. The summed E-state index contributed by atoms with van der Waals surface area (Å²) < 4.78 is 10.9. The maximum absolute atomic E-state index is 12.1. The highest BCUT2D eigenvalue weighted by Gasteiger charge is 2.14. The molecule has 1 aliphatic heterocycles. The van der Waals surface area contributed by atoms with E-state index in [2.05, 4.69) is 5.32 Å². The van der Waals surface area contributed by atoms with E-state index in [-0.39, 0.29) is 18.2 Å². The average molecular weight is 335 g/mol. The molecule has 0 aromatic heterocycles. The lowest BCUT2D eigenvalue weighted by Crippen LogP contribution is -2.37. The van der Waals surface area contributed by atoms with E-state index in [4.69, 9.17) is 9.47 Å². The normalized spacial score (nSPS) is 12.8. The quantitative estimate of drug-likeness (QED) is 0.811. The molecular formula is C17H25N3O4. The number of nitrogens with one attached hydrogen (secondary N) is 1. The van der Waals surface area contributed by atoms with E-state index in [0.717, 1.165) is 6.54 Å². The van der Waals surface area contributed by atoms with Gasteiger partial charge in [0.1, 0.15) is 13.2 Å². The number of amides is 2. The van der Waals surface area contributed by atoms with Crippen LogP contribution in [0.1, 0.15) is 13.3 Å². The van der Waals surface area contributed by atoms with Gasteiger partial charge >= 0.3 is 0 Å². The highest BCUT2D eigenvalue weighted by molar-refractivity contribution is 5.91. The first-order valence-corrected chi connectivity index (χ1v) is 8.05. The van der Waals surface area contributed by atoms with E-state index >= 15 is 0 Å². The maximum Gasteiger partial charge on any atom is 0.226 e. The third-order valence-electron chi connectivity index (χ3n) is 3.70. The fraction of sp³-hybridized carbons (Fsp3) is 0.529. The minimum Gasteiger partial charge on any atom is -0.486 e. The van der Waals surface area contributed by atoms with Crippen LogP contribution in [0.3, 0.4) is 0 Å². The molecule has 0 spiro atoms. The van der Waals surface area contributed by atoms with Crippen LogP contribution >= 0.6 is 0 Å². The summed E-state index contributed by atoms with van der Waals surface area (Å²) in [5, 5.41) is 2.83. The fourth-order valence-corrected chi connectivity index (χ4v) is 2.33. The van der Waals surface area contributed by atoms with Crippen molar-refractivity contribution in [2.45, 2.75) is 13.3 Å². The topological polar surface area (TPSA) is 71.1 Å². The molecule has 2 rings (SSSR count). The number of ether oxygens (including phenoxy) is 2. The Labute approximate surface area is 142 Å². The van der Waals surface area contributed by atoms with Crippen LogP contribution in [0.5, 0.6) is 11.5 Å². The Morgan fingerprint density at radius 2 is 1.79 bits per heavy atom. The second-order valence-corrected chi connectivity index (χ2v) is 5.97. The van der Waals surface area contributed by atoms with Gasteiger partial charge in [-0.25, -0.2) is 0 Å². The lowest BCUT2D eigenvalue weighted by atomic mass is 10.2. The Morgan fingerprint density at radius 3 is 2.46 bits per heavy atom. The molecule has 0 radical (unpaired) electrons. The molecule has 0 fully saturated rings. The molecule has 1 N–H and O–H groups in total. The third-order valence-corrected chi connectivity index (χ3v) is 3.70. The highest BCUT2D eigenvalue weighted by Crippen LogP contribution is 2.32. The summed E-state index contributed by atoms with van der Waals surface area (Å²) >= 11 is 0. The van der Waals surface area contributed by atoms with E-state index in [1.165, 1.54) is 6.92 Å². The van der Waals surface area contributed by atoms with Gasteiger partial charge < -0.3 is 24.6 Å². The summed E-state index contributed by atoms with van der Waals surface area (Å²) in [6, 6.07) is 5.31. The SMILES string of the molecule is CC(=O)N(CCC(=O)Nc1ccc2c(c1)OCCO2)CCN(C)C. The van der Waals surface area contributed by atoms with Gasteiger partial charge in [-0.15, -0.1) is 0 Å². The summed E-state index contributed by atoms with van der Waals surface area (Å²) in [5.41, 5.74) is 0.659. The van der Waals surface area contributed by atoms with Crippen molar-refractivity contribution in [2.24, 2.45) is 0 Å². The van der Waals surface area contributed by atoms with Gasteiger partial charge in [0.2, 0.25) is 11.8 Å². The van der Waals surface area contributed by atoms with Crippen molar-refractivity contribution in [1.82, 2.24) is 9.80 Å². The summed E-state index contributed by atoms with van der Waals surface area (Å²) in [6.45, 7) is 4.34. The lowest BCUT2D eigenvalue weighted by molar-refractivity contribution is -0.129. The van der Waals surface area contributed by atoms with E-state index < -0.39 is 0 Å². The number of anilines is 1. The maximum atomic E-state index is 12.1. The van der Waals surface area contributed by atoms with Gasteiger partial charge in [-0.3, -0.25) is 9.59 Å². The zero-order chi connectivity index (χ0) is 17.5. The Hall–Kier alpha value is -2.28. The Balaban J connectivity index is 1.84. The first-order chi connectivity index (χ1) is 11.5. The smallest absolute Gasteiger partial charge is 0.226 e. The molecule has 1 heterocycles. The minimum absolute atomic E-state index is 0.0241. The van der Waals surface area contributed by atoms with E-state index in [1.54, 1.807) is 23.1 Å². The number of rotatable bonds is 7. The zero-order valence-electron chi connectivity index (χ0n) is 14.5. The van der Waals surface area contributed by atoms with Crippen LogP contribution in [0.2, 0.25) is 0 Å². The Bertz CT molecular complexity index is 589. The zero-order valence-corrected chi connectivity index (χ0v) is 14.5. The molecule has 7 nitrogen and oxygen atoms in total. The summed E-state index contributed by atoms with van der Waals surface area (Å²) in [6.07, 6.45) is 0.251. The molecule has 0 atom stereocenters. The average Bonchev–Trinajstić information content (AvgIpc) is 2.54. The van der Waals surface area contributed by atoms with Gasteiger partial charge in [-0.1, -0.05) is 0 Å². The molecule has 2 amide bonds. The number of nitrogens with zero attached hydrogens (tertiary/aromatic N) is 2. The van der Waals surface area contributed by atoms with Gasteiger partial charge in [0.05, 0.1) is 0 Å². The largest absolute Gasteiger partial charge is 0.486 e. The van der Waals surface area contributed by atoms with Crippen molar-refractivity contribution in [3.05, 3.63) is 18.2 Å². The van der Waals surface area contributed by atoms with Crippen molar-refractivity contribution in [3.63, 3.8) is 0 Å². The van der Waals surface area contributed by atoms with Gasteiger partial charge in [-0.05, 0) is 26.2 Å². The lowest BCUT2D eigenvalue weighted by Gasteiger charge is -2.23. The monoisotopic (exact) mass is 335 g/mol. The van der Waals surface area contributed by atoms with E-state index in [1.807, 2.05) is 19.0 Å². The van der Waals surface area contributed by atoms with Crippen LogP contribution in [-0.2, 0) is 9.59 Å². The van der Waals surface area contributed by atoms with E-state index in [9.17, 15) is 9.59 Å². The molecule has 1 aromatic rings. The van der Waals surface area contributed by atoms with Gasteiger partial charge in [0, 0.05) is 44.7 Å². The number of fused-ring (bicyclic) bond motifs is 1.